The molecule has 1 aliphatic heterocycles. The topological polar surface area (TPSA) is 29.1 Å². The molecule has 2 unspecified atom stereocenters. The molecule has 3 heteroatoms. The number of carbonyl (C=O) groups excluding carboxylic acids is 1. The molecule has 0 radical (unpaired) electrons. The van der Waals surface area contributed by atoms with Gasteiger partial charge in [-0.3, -0.25) is 4.79 Å². The van der Waals surface area contributed by atoms with Gasteiger partial charge in [0.05, 0.1) is 0 Å². The van der Waals surface area contributed by atoms with Gasteiger partial charge in [-0.2, -0.15) is 0 Å². The molecule has 0 saturated carbocycles. The van der Waals surface area contributed by atoms with Gasteiger partial charge in [0.15, 0.2) is 0 Å². The van der Waals surface area contributed by atoms with Crippen molar-refractivity contribution in [3.63, 3.8) is 0 Å². The molecule has 110 valence electrons. The minimum absolute atomic E-state index is 0.209. The Kier molecular flexibility index (Phi) is 4.78. The van der Waals surface area contributed by atoms with E-state index in [2.05, 4.69) is 76.5 Å². The van der Waals surface area contributed by atoms with Gasteiger partial charge in [-0.15, -0.1) is 0 Å². The van der Waals surface area contributed by atoms with Crippen molar-refractivity contribution in [2.75, 3.05) is 4.43 Å². The summed E-state index contributed by atoms with van der Waals surface area (Å²) in [6.45, 7) is 0. The Bertz CT molecular complexity index is 564. The number of carbonyl (C=O) groups is 1. The fraction of sp³-hybridized carbons (Fsp3) is 0.389. The van der Waals surface area contributed by atoms with Crippen LogP contribution < -0.4 is 5.32 Å². The fourth-order valence-electron chi connectivity index (χ4n) is 3.14. The third-order valence-corrected chi connectivity index (χ3v) is 5.42. The lowest BCUT2D eigenvalue weighted by molar-refractivity contribution is -0.121. The standard InChI is InChI=1S/C18H20INO/c19-12-16-11-17(20-18(16)21)10-13-6-8-15(9-7-13)14-4-2-1-3-5-14/h1-8,15-17H,9-12H2,(H,20,21)/t15?,16?,17-/m1/s1. The number of benzene rings is 1. The van der Waals surface area contributed by atoms with E-state index in [1.807, 2.05) is 0 Å². The Hall–Kier alpha value is -1.10. The van der Waals surface area contributed by atoms with Crippen molar-refractivity contribution in [3.05, 3.63) is 59.7 Å². The summed E-state index contributed by atoms with van der Waals surface area (Å²) in [5, 5.41) is 3.13. The first-order valence-electron chi connectivity index (χ1n) is 7.55. The molecular formula is C18H20INO. The summed E-state index contributed by atoms with van der Waals surface area (Å²) >= 11 is 2.31. The van der Waals surface area contributed by atoms with Gasteiger partial charge in [0, 0.05) is 22.3 Å². The van der Waals surface area contributed by atoms with E-state index >= 15 is 0 Å². The van der Waals surface area contributed by atoms with Gasteiger partial charge in [-0.05, 0) is 24.8 Å². The molecule has 1 heterocycles. The molecule has 1 aromatic carbocycles. The van der Waals surface area contributed by atoms with Gasteiger partial charge in [-0.1, -0.05) is 76.7 Å². The van der Waals surface area contributed by atoms with Gasteiger partial charge in [-0.25, -0.2) is 0 Å². The summed E-state index contributed by atoms with van der Waals surface area (Å²) < 4.78 is 0.922. The van der Waals surface area contributed by atoms with Gasteiger partial charge < -0.3 is 5.32 Å². The van der Waals surface area contributed by atoms with Crippen LogP contribution in [0.3, 0.4) is 0 Å². The van der Waals surface area contributed by atoms with Crippen LogP contribution in [0.4, 0.5) is 0 Å². The second kappa shape index (κ2) is 6.77. The molecular weight excluding hydrogens is 373 g/mol. The van der Waals surface area contributed by atoms with E-state index < -0.39 is 0 Å². The second-order valence-corrected chi connectivity index (χ2v) is 6.77. The highest BCUT2D eigenvalue weighted by atomic mass is 127. The fourth-order valence-corrected chi connectivity index (χ4v) is 3.90. The lowest BCUT2D eigenvalue weighted by atomic mass is 9.88. The third kappa shape index (κ3) is 3.57. The van der Waals surface area contributed by atoms with Crippen LogP contribution in [0.15, 0.2) is 54.1 Å². The summed E-state index contributed by atoms with van der Waals surface area (Å²) in [6, 6.07) is 11.0. The Morgan fingerprint density at radius 2 is 2.05 bits per heavy atom. The first kappa shape index (κ1) is 14.8. The average Bonchev–Trinajstić information content (AvgIpc) is 2.88. The number of hydrogen-bond donors (Lipinski definition) is 1. The molecule has 1 aromatic rings. The highest BCUT2D eigenvalue weighted by Gasteiger charge is 2.31. The van der Waals surface area contributed by atoms with Gasteiger partial charge in [0.1, 0.15) is 0 Å². The Labute approximate surface area is 139 Å². The van der Waals surface area contributed by atoms with E-state index in [0.717, 1.165) is 23.7 Å². The second-order valence-electron chi connectivity index (χ2n) is 5.89. The van der Waals surface area contributed by atoms with Crippen molar-refractivity contribution < 1.29 is 4.79 Å². The number of alkyl halides is 1. The predicted octanol–water partition coefficient (Wildman–Crippen LogP) is 3.99. The van der Waals surface area contributed by atoms with Crippen LogP contribution in [0.2, 0.25) is 0 Å². The van der Waals surface area contributed by atoms with Crippen LogP contribution in [0.5, 0.6) is 0 Å². The molecule has 2 nitrogen and oxygen atoms in total. The number of allylic oxidation sites excluding steroid dienone is 3. The van der Waals surface area contributed by atoms with Crippen molar-refractivity contribution >= 4 is 28.5 Å². The van der Waals surface area contributed by atoms with Crippen molar-refractivity contribution in [2.24, 2.45) is 5.92 Å². The lowest BCUT2D eigenvalue weighted by Crippen LogP contribution is -2.26. The van der Waals surface area contributed by atoms with Crippen LogP contribution in [-0.2, 0) is 4.79 Å². The lowest BCUT2D eigenvalue weighted by Gasteiger charge is -2.18. The van der Waals surface area contributed by atoms with E-state index in [4.69, 9.17) is 0 Å². The van der Waals surface area contributed by atoms with Crippen LogP contribution in [0, 0.1) is 5.92 Å². The quantitative estimate of drug-likeness (QED) is 0.609. The van der Waals surface area contributed by atoms with Crippen molar-refractivity contribution in [2.45, 2.75) is 31.2 Å². The smallest absolute Gasteiger partial charge is 0.224 e. The first-order chi connectivity index (χ1) is 10.3. The van der Waals surface area contributed by atoms with E-state index in [-0.39, 0.29) is 11.8 Å². The summed E-state index contributed by atoms with van der Waals surface area (Å²) in [5.74, 6) is 0.938. The van der Waals surface area contributed by atoms with Crippen LogP contribution in [0.25, 0.3) is 0 Å². The van der Waals surface area contributed by atoms with Gasteiger partial charge in [0.25, 0.3) is 0 Å². The molecule has 1 saturated heterocycles. The normalized spacial score (nSPS) is 28.3. The number of rotatable bonds is 4. The Morgan fingerprint density at radius 3 is 2.67 bits per heavy atom. The van der Waals surface area contributed by atoms with E-state index in [1.165, 1.54) is 11.1 Å². The van der Waals surface area contributed by atoms with Crippen molar-refractivity contribution in [1.29, 1.82) is 0 Å². The molecule has 0 aromatic heterocycles. The zero-order chi connectivity index (χ0) is 14.7. The summed E-state index contributed by atoms with van der Waals surface area (Å²) in [7, 11) is 0. The minimum atomic E-state index is 0.209. The maximum atomic E-state index is 11.7. The third-order valence-electron chi connectivity index (χ3n) is 4.36. The largest absolute Gasteiger partial charge is 0.353 e. The molecule has 0 bridgehead atoms. The number of halogens is 1. The van der Waals surface area contributed by atoms with Crippen molar-refractivity contribution in [3.8, 4) is 0 Å². The number of nitrogens with one attached hydrogen (secondary N) is 1. The first-order valence-corrected chi connectivity index (χ1v) is 9.07. The monoisotopic (exact) mass is 393 g/mol. The van der Waals surface area contributed by atoms with Gasteiger partial charge in [0.2, 0.25) is 5.91 Å². The number of hydrogen-bond acceptors (Lipinski definition) is 1. The van der Waals surface area contributed by atoms with E-state index in [1.54, 1.807) is 0 Å². The molecule has 1 amide bonds. The Morgan fingerprint density at radius 1 is 1.24 bits per heavy atom. The zero-order valence-electron chi connectivity index (χ0n) is 12.0. The molecule has 1 fully saturated rings. The number of amides is 1. The Balaban J connectivity index is 1.57. The van der Waals surface area contributed by atoms with Crippen molar-refractivity contribution in [1.82, 2.24) is 5.32 Å². The van der Waals surface area contributed by atoms with Crippen LogP contribution in [-0.4, -0.2) is 16.4 Å². The van der Waals surface area contributed by atoms with Crippen LogP contribution in [0.1, 0.15) is 30.7 Å². The maximum Gasteiger partial charge on any atom is 0.224 e. The molecule has 2 aliphatic rings. The summed E-state index contributed by atoms with van der Waals surface area (Å²) in [4.78, 5) is 11.7. The SMILES string of the molecule is O=C1N[C@H](CC2=CCC(c3ccccc3)C=C2)CC1CI. The van der Waals surface area contributed by atoms with Gasteiger partial charge >= 0.3 is 0 Å². The van der Waals surface area contributed by atoms with E-state index in [0.29, 0.717) is 12.0 Å². The molecule has 1 aliphatic carbocycles. The van der Waals surface area contributed by atoms with Crippen LogP contribution >= 0.6 is 22.6 Å². The van der Waals surface area contributed by atoms with E-state index in [9.17, 15) is 4.79 Å². The highest BCUT2D eigenvalue weighted by molar-refractivity contribution is 14.1. The zero-order valence-corrected chi connectivity index (χ0v) is 14.1. The summed E-state index contributed by atoms with van der Waals surface area (Å²) in [6.07, 6.45) is 9.89. The highest BCUT2D eigenvalue weighted by Crippen LogP contribution is 2.29. The molecule has 3 atom stereocenters. The molecule has 0 spiro atoms. The average molecular weight is 393 g/mol. The maximum absolute atomic E-state index is 11.7. The summed E-state index contributed by atoms with van der Waals surface area (Å²) in [5.41, 5.74) is 2.74. The predicted molar refractivity (Wildman–Crippen MR) is 94.6 cm³/mol. The minimum Gasteiger partial charge on any atom is -0.353 e. The molecule has 1 N–H and O–H groups in total. The molecule has 3 rings (SSSR count). The molecule has 21 heavy (non-hydrogen) atoms.